The molecule has 2 rings (SSSR count). The predicted molar refractivity (Wildman–Crippen MR) is 89.2 cm³/mol. The van der Waals surface area contributed by atoms with Crippen LogP contribution in [0, 0.1) is 17.0 Å². The van der Waals surface area contributed by atoms with Crippen LogP contribution in [0.4, 0.5) is 5.69 Å². The summed E-state index contributed by atoms with van der Waals surface area (Å²) in [5, 5.41) is 10.7. The van der Waals surface area contributed by atoms with E-state index in [-0.39, 0.29) is 16.0 Å². The van der Waals surface area contributed by atoms with Gasteiger partial charge in [-0.15, -0.1) is 11.6 Å². The summed E-state index contributed by atoms with van der Waals surface area (Å²) in [7, 11) is 1.99. The smallest absolute Gasteiger partial charge is 0.272 e. The van der Waals surface area contributed by atoms with Gasteiger partial charge in [-0.2, -0.15) is 0 Å². The number of halogens is 1. The third kappa shape index (κ3) is 4.29. The minimum atomic E-state index is -0.365. The van der Waals surface area contributed by atoms with E-state index in [2.05, 4.69) is 17.0 Å². The van der Waals surface area contributed by atoms with E-state index < -0.39 is 0 Å². The molecule has 0 aliphatic carbocycles. The Hall–Kier alpha value is -1.91. The number of alkyl halides is 1. The number of hydrogen-bond donors (Lipinski definition) is 0. The molecule has 1 unspecified atom stereocenters. The first-order valence-electron chi connectivity index (χ1n) is 7.09. The number of likely N-dealkylation sites (N-methyl/N-ethyl adjacent to an activating group) is 1. The molecule has 2 aromatic rings. The predicted octanol–water partition coefficient (Wildman–Crippen LogP) is 4.32. The van der Waals surface area contributed by atoms with Crippen LogP contribution in [0.15, 0.2) is 48.5 Å². The molecule has 0 amide bonds. The van der Waals surface area contributed by atoms with Gasteiger partial charge in [-0.1, -0.05) is 42.5 Å². The lowest BCUT2D eigenvalue weighted by Crippen LogP contribution is -2.22. The van der Waals surface area contributed by atoms with Gasteiger partial charge in [-0.25, -0.2) is 0 Å². The molecule has 0 aliphatic rings. The van der Waals surface area contributed by atoms with E-state index in [4.69, 9.17) is 11.6 Å². The molecule has 0 saturated carbocycles. The Morgan fingerprint density at radius 1 is 1.23 bits per heavy atom. The number of rotatable bonds is 6. The lowest BCUT2D eigenvalue weighted by atomic mass is 10.1. The van der Waals surface area contributed by atoms with Gasteiger partial charge in [0, 0.05) is 24.7 Å². The van der Waals surface area contributed by atoms with E-state index in [1.165, 1.54) is 5.56 Å². The van der Waals surface area contributed by atoms with Crippen LogP contribution in [-0.2, 0) is 6.54 Å². The second-order valence-electron chi connectivity index (χ2n) is 5.45. The fourth-order valence-electron chi connectivity index (χ4n) is 2.36. The van der Waals surface area contributed by atoms with Crippen LogP contribution >= 0.6 is 11.6 Å². The van der Waals surface area contributed by atoms with E-state index in [0.717, 1.165) is 12.1 Å². The zero-order chi connectivity index (χ0) is 16.1. The van der Waals surface area contributed by atoms with E-state index in [0.29, 0.717) is 12.1 Å². The fourth-order valence-corrected chi connectivity index (χ4v) is 2.73. The number of benzene rings is 2. The largest absolute Gasteiger partial charge is 0.300 e. The van der Waals surface area contributed by atoms with Crippen LogP contribution in [0.3, 0.4) is 0 Å². The number of nitro groups is 1. The normalized spacial score (nSPS) is 12.4. The van der Waals surface area contributed by atoms with Crippen molar-refractivity contribution in [2.24, 2.45) is 0 Å². The maximum Gasteiger partial charge on any atom is 0.272 e. The Bertz CT molecular complexity index is 646. The van der Waals surface area contributed by atoms with E-state index in [9.17, 15) is 10.1 Å². The minimum Gasteiger partial charge on any atom is -0.300 e. The van der Waals surface area contributed by atoms with Crippen LogP contribution in [0.5, 0.6) is 0 Å². The van der Waals surface area contributed by atoms with Crippen molar-refractivity contribution in [1.82, 2.24) is 4.90 Å². The average molecular weight is 319 g/mol. The van der Waals surface area contributed by atoms with Gasteiger partial charge in [0.1, 0.15) is 0 Å². The molecule has 116 valence electrons. The van der Waals surface area contributed by atoms with E-state index in [1.807, 2.05) is 31.3 Å². The molecule has 0 N–H and O–H groups in total. The van der Waals surface area contributed by atoms with Crippen molar-refractivity contribution in [3.05, 3.63) is 75.3 Å². The van der Waals surface area contributed by atoms with Crippen molar-refractivity contribution in [1.29, 1.82) is 0 Å². The zero-order valence-electron chi connectivity index (χ0n) is 12.7. The Labute approximate surface area is 135 Å². The highest BCUT2D eigenvalue weighted by Crippen LogP contribution is 2.27. The Morgan fingerprint density at radius 2 is 1.91 bits per heavy atom. The van der Waals surface area contributed by atoms with Crippen LogP contribution in [-0.4, -0.2) is 23.4 Å². The number of hydrogen-bond acceptors (Lipinski definition) is 3. The van der Waals surface area contributed by atoms with Crippen molar-refractivity contribution in [2.45, 2.75) is 18.8 Å². The van der Waals surface area contributed by atoms with Gasteiger partial charge in [0.15, 0.2) is 0 Å². The van der Waals surface area contributed by atoms with Crippen molar-refractivity contribution < 1.29 is 4.92 Å². The maximum absolute atomic E-state index is 11.0. The molecular formula is C17H19ClN2O2. The molecule has 0 spiro atoms. The molecule has 0 bridgehead atoms. The quantitative estimate of drug-likeness (QED) is 0.453. The molecule has 22 heavy (non-hydrogen) atoms. The Balaban J connectivity index is 2.04. The van der Waals surface area contributed by atoms with Gasteiger partial charge in [-0.05, 0) is 25.1 Å². The second kappa shape index (κ2) is 7.38. The lowest BCUT2D eigenvalue weighted by molar-refractivity contribution is -0.385. The van der Waals surface area contributed by atoms with E-state index in [1.54, 1.807) is 19.1 Å². The topological polar surface area (TPSA) is 46.4 Å². The third-order valence-corrected chi connectivity index (χ3v) is 3.95. The highest BCUT2D eigenvalue weighted by molar-refractivity contribution is 6.21. The summed E-state index contributed by atoms with van der Waals surface area (Å²) in [6.07, 6.45) is 0. The van der Waals surface area contributed by atoms with Gasteiger partial charge < -0.3 is 4.90 Å². The number of nitrogens with zero attached hydrogens (tertiary/aromatic N) is 2. The van der Waals surface area contributed by atoms with Gasteiger partial charge in [0.25, 0.3) is 5.69 Å². The van der Waals surface area contributed by atoms with Gasteiger partial charge >= 0.3 is 0 Å². The van der Waals surface area contributed by atoms with Crippen molar-refractivity contribution in [2.75, 3.05) is 13.6 Å². The van der Waals surface area contributed by atoms with Crippen molar-refractivity contribution in [3.63, 3.8) is 0 Å². The van der Waals surface area contributed by atoms with Gasteiger partial charge in [0.05, 0.1) is 10.3 Å². The van der Waals surface area contributed by atoms with Crippen LogP contribution in [0.1, 0.15) is 22.1 Å². The molecule has 0 aliphatic heterocycles. The zero-order valence-corrected chi connectivity index (χ0v) is 13.5. The molecule has 0 radical (unpaired) electrons. The Morgan fingerprint density at radius 3 is 2.55 bits per heavy atom. The van der Waals surface area contributed by atoms with Crippen molar-refractivity contribution in [3.8, 4) is 0 Å². The second-order valence-corrected chi connectivity index (χ2v) is 5.98. The molecule has 1 atom stereocenters. The molecular weight excluding hydrogens is 300 g/mol. The fraction of sp³-hybridized carbons (Fsp3) is 0.294. The summed E-state index contributed by atoms with van der Waals surface area (Å²) in [6, 6.07) is 15.3. The standard InChI is InChI=1S/C17H19ClN2O2/c1-13-8-9-15(10-17(13)20(21)22)16(18)12-19(2)11-14-6-4-3-5-7-14/h3-10,16H,11-12H2,1-2H3. The SMILES string of the molecule is Cc1ccc(C(Cl)CN(C)Cc2ccccc2)cc1[N+](=O)[O-]. The molecule has 0 saturated heterocycles. The number of nitro benzene ring substituents is 1. The highest BCUT2D eigenvalue weighted by Gasteiger charge is 2.17. The molecule has 2 aromatic carbocycles. The van der Waals surface area contributed by atoms with E-state index >= 15 is 0 Å². The molecule has 4 nitrogen and oxygen atoms in total. The minimum absolute atomic E-state index is 0.119. The summed E-state index contributed by atoms with van der Waals surface area (Å²) in [5.41, 5.74) is 2.76. The first-order chi connectivity index (χ1) is 10.5. The molecule has 0 aromatic heterocycles. The van der Waals surface area contributed by atoms with Crippen LogP contribution in [0.25, 0.3) is 0 Å². The van der Waals surface area contributed by atoms with Crippen LogP contribution in [0.2, 0.25) is 0 Å². The number of aryl methyl sites for hydroxylation is 1. The lowest BCUT2D eigenvalue weighted by Gasteiger charge is -2.20. The summed E-state index contributed by atoms with van der Waals surface area (Å²) in [5.74, 6) is 0. The average Bonchev–Trinajstić information content (AvgIpc) is 2.48. The summed E-state index contributed by atoms with van der Waals surface area (Å²) >= 11 is 6.43. The summed E-state index contributed by atoms with van der Waals surface area (Å²) in [6.45, 7) is 3.14. The summed E-state index contributed by atoms with van der Waals surface area (Å²) < 4.78 is 0. The first-order valence-corrected chi connectivity index (χ1v) is 7.52. The molecule has 0 heterocycles. The maximum atomic E-state index is 11.0. The third-order valence-electron chi connectivity index (χ3n) is 3.56. The monoisotopic (exact) mass is 318 g/mol. The van der Waals surface area contributed by atoms with Crippen LogP contribution < -0.4 is 0 Å². The van der Waals surface area contributed by atoms with Crippen molar-refractivity contribution >= 4 is 17.3 Å². The summed E-state index contributed by atoms with van der Waals surface area (Å²) in [4.78, 5) is 12.8. The molecule has 5 heteroatoms. The highest BCUT2D eigenvalue weighted by atomic mass is 35.5. The first kappa shape index (κ1) is 16.5. The molecule has 0 fully saturated rings. The Kier molecular flexibility index (Phi) is 5.52. The van der Waals surface area contributed by atoms with Gasteiger partial charge in [0.2, 0.25) is 0 Å². The van der Waals surface area contributed by atoms with Gasteiger partial charge in [-0.3, -0.25) is 10.1 Å².